The first kappa shape index (κ1) is 13.0. The van der Waals surface area contributed by atoms with E-state index in [0.29, 0.717) is 17.1 Å². The molecule has 0 atom stereocenters. The van der Waals surface area contributed by atoms with E-state index in [1.165, 1.54) is 21.3 Å². The van der Waals surface area contributed by atoms with Gasteiger partial charge in [0.1, 0.15) is 0 Å². The van der Waals surface area contributed by atoms with E-state index in [4.69, 9.17) is 9.47 Å². The second kappa shape index (κ2) is 5.89. The number of para-hydroxylation sites is 1. The molecule has 0 amide bonds. The fraction of sp³-hybridized carbons (Fsp3) is 0.333. The average molecular weight is 238 g/mol. The summed E-state index contributed by atoms with van der Waals surface area (Å²) in [5.74, 6) is -0.524. The smallest absolute Gasteiger partial charge is 0.374 e. The molecule has 0 heterocycles. The Labute approximate surface area is 99.3 Å². The Kier molecular flexibility index (Phi) is 4.51. The Hall–Kier alpha value is -2.04. The van der Waals surface area contributed by atoms with Gasteiger partial charge in [0.05, 0.1) is 21.3 Å². The Balaban J connectivity index is 2.98. The molecule has 0 saturated carbocycles. The minimum absolute atomic E-state index is 0.0763. The number of esters is 1. The second-order valence-electron chi connectivity index (χ2n) is 3.24. The van der Waals surface area contributed by atoms with Gasteiger partial charge >= 0.3 is 5.97 Å². The van der Waals surface area contributed by atoms with Crippen molar-refractivity contribution in [1.82, 2.24) is 0 Å². The van der Waals surface area contributed by atoms with Gasteiger partial charge in [-0.25, -0.2) is 4.79 Å². The van der Waals surface area contributed by atoms with Crippen LogP contribution in [-0.2, 0) is 20.7 Å². The van der Waals surface area contributed by atoms with Gasteiger partial charge < -0.3 is 14.2 Å². The van der Waals surface area contributed by atoms with Crippen molar-refractivity contribution in [3.8, 4) is 11.5 Å². The maximum atomic E-state index is 11.4. The molecule has 0 saturated heterocycles. The van der Waals surface area contributed by atoms with Crippen molar-refractivity contribution in [2.45, 2.75) is 6.42 Å². The lowest BCUT2D eigenvalue weighted by molar-refractivity contribution is -0.151. The molecule has 0 radical (unpaired) electrons. The molecule has 1 aromatic rings. The molecule has 92 valence electrons. The monoisotopic (exact) mass is 238 g/mol. The van der Waals surface area contributed by atoms with E-state index in [9.17, 15) is 9.59 Å². The number of hydrogen-bond acceptors (Lipinski definition) is 5. The number of rotatable bonds is 5. The summed E-state index contributed by atoms with van der Waals surface area (Å²) in [6, 6.07) is 5.13. The third kappa shape index (κ3) is 2.96. The normalized spacial score (nSPS) is 9.59. The quantitative estimate of drug-likeness (QED) is 0.565. The molecule has 1 aromatic carbocycles. The second-order valence-corrected chi connectivity index (χ2v) is 3.24. The lowest BCUT2D eigenvalue weighted by Gasteiger charge is -2.11. The van der Waals surface area contributed by atoms with Gasteiger partial charge in [0.15, 0.2) is 11.5 Å². The Morgan fingerprint density at radius 2 is 1.82 bits per heavy atom. The van der Waals surface area contributed by atoms with Crippen molar-refractivity contribution in [3.63, 3.8) is 0 Å². The first-order chi connectivity index (χ1) is 8.13. The van der Waals surface area contributed by atoms with Crippen molar-refractivity contribution < 1.29 is 23.8 Å². The minimum Gasteiger partial charge on any atom is -0.493 e. The van der Waals surface area contributed by atoms with Gasteiger partial charge in [-0.1, -0.05) is 12.1 Å². The first-order valence-corrected chi connectivity index (χ1v) is 4.95. The van der Waals surface area contributed by atoms with Crippen LogP contribution in [0.2, 0.25) is 0 Å². The standard InChI is InChI=1S/C12H14O5/c1-15-10-6-4-5-8(11(10)16-2)7-9(13)12(14)17-3/h4-6H,7H2,1-3H3. The van der Waals surface area contributed by atoms with Crippen molar-refractivity contribution >= 4 is 11.8 Å². The lowest BCUT2D eigenvalue weighted by Crippen LogP contribution is -2.18. The number of carbonyl (C=O) groups is 2. The van der Waals surface area contributed by atoms with Crippen LogP contribution in [0.5, 0.6) is 11.5 Å². The van der Waals surface area contributed by atoms with Gasteiger partial charge in [0.2, 0.25) is 5.78 Å². The van der Waals surface area contributed by atoms with Gasteiger partial charge in [-0.3, -0.25) is 4.79 Å². The van der Waals surface area contributed by atoms with Gasteiger partial charge in [-0.05, 0) is 6.07 Å². The van der Waals surface area contributed by atoms with Crippen molar-refractivity contribution in [2.24, 2.45) is 0 Å². The van der Waals surface area contributed by atoms with Crippen molar-refractivity contribution in [3.05, 3.63) is 23.8 Å². The highest BCUT2D eigenvalue weighted by Gasteiger charge is 2.18. The largest absolute Gasteiger partial charge is 0.493 e. The summed E-state index contributed by atoms with van der Waals surface area (Å²) in [5.41, 5.74) is 0.585. The van der Waals surface area contributed by atoms with E-state index in [-0.39, 0.29) is 6.42 Å². The zero-order valence-corrected chi connectivity index (χ0v) is 9.98. The lowest BCUT2D eigenvalue weighted by atomic mass is 10.1. The molecule has 0 unspecified atom stereocenters. The summed E-state index contributed by atoms with van der Waals surface area (Å²) in [4.78, 5) is 22.5. The van der Waals surface area contributed by atoms with Gasteiger partial charge in [0, 0.05) is 12.0 Å². The van der Waals surface area contributed by atoms with Crippen LogP contribution in [0, 0.1) is 0 Å². The average Bonchev–Trinajstić information content (AvgIpc) is 2.37. The van der Waals surface area contributed by atoms with Crippen LogP contribution >= 0.6 is 0 Å². The zero-order chi connectivity index (χ0) is 12.8. The van der Waals surface area contributed by atoms with E-state index < -0.39 is 11.8 Å². The number of hydrogen-bond donors (Lipinski definition) is 0. The van der Waals surface area contributed by atoms with E-state index >= 15 is 0 Å². The van der Waals surface area contributed by atoms with Gasteiger partial charge in [-0.15, -0.1) is 0 Å². The summed E-state index contributed by atoms with van der Waals surface area (Å²) in [6.07, 6.45) is -0.0763. The molecule has 0 aliphatic rings. The molecule has 0 aliphatic carbocycles. The topological polar surface area (TPSA) is 61.8 Å². The molecule has 0 fully saturated rings. The fourth-order valence-electron chi connectivity index (χ4n) is 1.45. The van der Waals surface area contributed by atoms with Crippen molar-refractivity contribution in [2.75, 3.05) is 21.3 Å². The summed E-state index contributed by atoms with van der Waals surface area (Å²) >= 11 is 0. The van der Waals surface area contributed by atoms with E-state index in [1.54, 1.807) is 18.2 Å². The number of methoxy groups -OCH3 is 3. The molecule has 1 rings (SSSR count). The summed E-state index contributed by atoms with van der Waals surface area (Å²) < 4.78 is 14.6. The molecule has 5 nitrogen and oxygen atoms in total. The summed E-state index contributed by atoms with van der Waals surface area (Å²) in [5, 5.41) is 0. The summed E-state index contributed by atoms with van der Waals surface area (Å²) in [6.45, 7) is 0. The zero-order valence-electron chi connectivity index (χ0n) is 9.98. The Morgan fingerprint density at radius 3 is 2.35 bits per heavy atom. The SMILES string of the molecule is COC(=O)C(=O)Cc1cccc(OC)c1OC. The fourth-order valence-corrected chi connectivity index (χ4v) is 1.45. The predicted molar refractivity (Wildman–Crippen MR) is 60.3 cm³/mol. The highest BCUT2D eigenvalue weighted by atomic mass is 16.5. The molecule has 0 spiro atoms. The first-order valence-electron chi connectivity index (χ1n) is 4.95. The van der Waals surface area contributed by atoms with Crippen LogP contribution in [0.3, 0.4) is 0 Å². The predicted octanol–water partition coefficient (Wildman–Crippen LogP) is 0.988. The highest BCUT2D eigenvalue weighted by Crippen LogP contribution is 2.30. The van der Waals surface area contributed by atoms with E-state index in [0.717, 1.165) is 0 Å². The molecule has 0 aliphatic heterocycles. The summed E-state index contributed by atoms with van der Waals surface area (Å²) in [7, 11) is 4.15. The molecule has 17 heavy (non-hydrogen) atoms. The molecule has 0 N–H and O–H groups in total. The third-order valence-corrected chi connectivity index (χ3v) is 2.25. The van der Waals surface area contributed by atoms with Gasteiger partial charge in [0.25, 0.3) is 0 Å². The molecule has 0 bridgehead atoms. The van der Waals surface area contributed by atoms with Crippen LogP contribution in [0.25, 0.3) is 0 Å². The minimum atomic E-state index is -0.866. The van der Waals surface area contributed by atoms with Crippen molar-refractivity contribution in [1.29, 1.82) is 0 Å². The highest BCUT2D eigenvalue weighted by molar-refractivity contribution is 6.34. The van der Waals surface area contributed by atoms with E-state index in [2.05, 4.69) is 4.74 Å². The number of carbonyl (C=O) groups excluding carboxylic acids is 2. The number of ketones is 1. The van der Waals surface area contributed by atoms with Crippen LogP contribution in [-0.4, -0.2) is 33.1 Å². The Morgan fingerprint density at radius 1 is 1.12 bits per heavy atom. The molecular formula is C12H14O5. The van der Waals surface area contributed by atoms with E-state index in [1.807, 2.05) is 0 Å². The molecule has 0 aromatic heterocycles. The molecule has 5 heteroatoms. The molecular weight excluding hydrogens is 224 g/mol. The number of ether oxygens (including phenoxy) is 3. The third-order valence-electron chi connectivity index (χ3n) is 2.25. The maximum Gasteiger partial charge on any atom is 0.374 e. The van der Waals surface area contributed by atoms with Crippen LogP contribution in [0.4, 0.5) is 0 Å². The van der Waals surface area contributed by atoms with Crippen LogP contribution < -0.4 is 9.47 Å². The number of Topliss-reactive ketones (excluding diaryl/α,β-unsaturated/α-hetero) is 1. The Bertz CT molecular complexity index is 425. The number of benzene rings is 1. The maximum absolute atomic E-state index is 11.4. The van der Waals surface area contributed by atoms with Crippen LogP contribution in [0.15, 0.2) is 18.2 Å². The van der Waals surface area contributed by atoms with Gasteiger partial charge in [-0.2, -0.15) is 0 Å². The van der Waals surface area contributed by atoms with Crippen LogP contribution in [0.1, 0.15) is 5.56 Å².